The van der Waals surface area contributed by atoms with Gasteiger partial charge in [0, 0.05) is 17.5 Å². The number of anilines is 1. The molecular weight excluding hydrogens is 403 g/mol. The minimum absolute atomic E-state index is 0. The first-order valence-corrected chi connectivity index (χ1v) is 10.1. The molecule has 0 saturated heterocycles. The Labute approximate surface area is 178 Å². The summed E-state index contributed by atoms with van der Waals surface area (Å²) in [4.78, 5) is -0.774. The van der Waals surface area contributed by atoms with E-state index in [0.717, 1.165) is 18.2 Å². The van der Waals surface area contributed by atoms with Crippen molar-refractivity contribution in [1.29, 1.82) is 0 Å². The molecule has 0 radical (unpaired) electrons. The Bertz CT molecular complexity index is 1230. The number of quaternary nitrogens is 1. The molecule has 0 unspecified atom stereocenters. The molecule has 0 saturated carbocycles. The largest absolute Gasteiger partial charge is 1.00 e. The van der Waals surface area contributed by atoms with Gasteiger partial charge in [-0.05, 0) is 41.8 Å². The Balaban J connectivity index is 0.00000261. The van der Waals surface area contributed by atoms with E-state index in [1.807, 2.05) is 0 Å². The van der Waals surface area contributed by atoms with Gasteiger partial charge in [0.25, 0.3) is 10.0 Å². The molecule has 3 aromatic rings. The second-order valence-electron chi connectivity index (χ2n) is 5.59. The summed E-state index contributed by atoms with van der Waals surface area (Å²) in [5.74, 6) is -0.223. The van der Waals surface area contributed by atoms with Crippen LogP contribution in [0.2, 0.25) is 0 Å². The zero-order valence-corrected chi connectivity index (χ0v) is 17.8. The van der Waals surface area contributed by atoms with Crippen LogP contribution in [-0.4, -0.2) is 26.5 Å². The van der Waals surface area contributed by atoms with Crippen LogP contribution in [0.4, 0.5) is 11.4 Å². The molecule has 136 valence electrons. The van der Waals surface area contributed by atoms with Crippen molar-refractivity contribution in [1.82, 2.24) is 0 Å². The third kappa shape index (κ3) is 4.79. The second-order valence-corrected chi connectivity index (χ2v) is 8.65. The summed E-state index contributed by atoms with van der Waals surface area (Å²) in [5, 5.41) is 11.0. The van der Waals surface area contributed by atoms with Crippen LogP contribution in [0.15, 0.2) is 64.4 Å². The number of nitrogens with one attached hydrogen (secondary N) is 1. The molecule has 0 atom stereocenters. The summed E-state index contributed by atoms with van der Waals surface area (Å²) in [6.07, 6.45) is 0. The van der Waals surface area contributed by atoms with Crippen molar-refractivity contribution in [3.05, 3.63) is 54.6 Å². The van der Waals surface area contributed by atoms with E-state index in [2.05, 4.69) is 10.5 Å². The molecule has 0 bridgehead atoms. The predicted molar refractivity (Wildman–Crippen MR) is 93.4 cm³/mol. The summed E-state index contributed by atoms with van der Waals surface area (Å²) in [7, 11) is -8.85. The number of aromatic hydroxyl groups is 1. The third-order valence-corrected chi connectivity index (χ3v) is 5.85. The van der Waals surface area contributed by atoms with E-state index in [1.54, 1.807) is 18.2 Å². The average Bonchev–Trinajstić information content (AvgIpc) is 2.53. The molecule has 27 heavy (non-hydrogen) atoms. The molecule has 3 rings (SSSR count). The van der Waals surface area contributed by atoms with E-state index in [0.29, 0.717) is 16.5 Å². The van der Waals surface area contributed by atoms with Crippen molar-refractivity contribution in [2.24, 2.45) is 0 Å². The molecule has 0 aliphatic carbocycles. The van der Waals surface area contributed by atoms with Gasteiger partial charge >= 0.3 is 29.6 Å². The molecular formula is C16H14N2NaO6S2+. The molecule has 11 heteroatoms. The standard InChI is InChI=1S/C16H14N2O6S2.Na/c17-11-4-5-15-10(6-11)7-14(9-16(15)19)25(20,21)18-12-2-1-3-13(8-12)26(22,23)24;/h1-9,18-19H,17H2,(H,22,23,24);/q;+1. The number of phenolic OH excluding ortho intramolecular Hbond substituents is 1. The van der Waals surface area contributed by atoms with E-state index in [-0.39, 0.29) is 45.9 Å². The van der Waals surface area contributed by atoms with E-state index in [1.165, 1.54) is 18.2 Å². The smallest absolute Gasteiger partial charge is 0.744 e. The minimum atomic E-state index is -4.72. The maximum atomic E-state index is 12.6. The number of hydrogen-bond acceptors (Lipinski definition) is 6. The number of hydrogen-bond donors (Lipinski definition) is 3. The van der Waals surface area contributed by atoms with Crippen molar-refractivity contribution < 1.29 is 61.8 Å². The van der Waals surface area contributed by atoms with Crippen molar-refractivity contribution in [3.63, 3.8) is 0 Å². The first-order chi connectivity index (χ1) is 12.1. The maximum Gasteiger partial charge on any atom is 1.00 e. The van der Waals surface area contributed by atoms with Crippen molar-refractivity contribution >= 4 is 42.3 Å². The average molecular weight is 417 g/mol. The molecule has 0 amide bonds. The molecule has 0 aromatic heterocycles. The van der Waals surface area contributed by atoms with Crippen LogP contribution in [-0.2, 0) is 20.1 Å². The van der Waals surface area contributed by atoms with Gasteiger partial charge in [0.15, 0.2) is 0 Å². The number of rotatable bonds is 4. The van der Waals surface area contributed by atoms with Crippen molar-refractivity contribution in [3.8, 4) is 5.75 Å². The second kappa shape index (κ2) is 7.76. The molecule has 3 aromatic carbocycles. The van der Waals surface area contributed by atoms with E-state index >= 15 is 0 Å². The summed E-state index contributed by atoms with van der Waals surface area (Å²) < 4.78 is 60.6. The maximum absolute atomic E-state index is 12.6. The van der Waals surface area contributed by atoms with Crippen LogP contribution >= 0.6 is 0 Å². The first kappa shape index (κ1) is 21.6. The monoisotopic (exact) mass is 417 g/mol. The molecule has 0 fully saturated rings. The molecule has 0 spiro atoms. The van der Waals surface area contributed by atoms with Crippen molar-refractivity contribution in [2.45, 2.75) is 9.79 Å². The summed E-state index contributed by atoms with van der Waals surface area (Å²) >= 11 is 0. The zero-order valence-electron chi connectivity index (χ0n) is 14.2. The number of benzene rings is 3. The van der Waals surface area contributed by atoms with Crippen LogP contribution in [0.3, 0.4) is 0 Å². The zero-order chi connectivity index (χ0) is 19.1. The van der Waals surface area contributed by atoms with Gasteiger partial charge in [-0.2, -0.15) is 0 Å². The predicted octanol–water partition coefficient (Wildman–Crippen LogP) is -1.87. The first-order valence-electron chi connectivity index (χ1n) is 7.24. The number of phenols is 1. The van der Waals surface area contributed by atoms with Gasteiger partial charge in [0.1, 0.15) is 21.6 Å². The summed E-state index contributed by atoms with van der Waals surface area (Å²) in [6, 6.07) is 11.9. The van der Waals surface area contributed by atoms with Gasteiger partial charge in [-0.15, -0.1) is 0 Å². The Morgan fingerprint density at radius 3 is 2.30 bits per heavy atom. The van der Waals surface area contributed by atoms with Crippen LogP contribution in [0.5, 0.6) is 5.75 Å². The third-order valence-electron chi connectivity index (χ3n) is 3.65. The van der Waals surface area contributed by atoms with Crippen LogP contribution in [0.25, 0.3) is 10.8 Å². The molecule has 0 heterocycles. The Hall–Kier alpha value is -1.66. The van der Waals surface area contributed by atoms with Gasteiger partial charge in [0.05, 0.1) is 15.5 Å². The summed E-state index contributed by atoms with van der Waals surface area (Å²) in [6.45, 7) is 0. The number of fused-ring (bicyclic) bond motifs is 1. The topological polar surface area (TPSA) is 151 Å². The molecule has 0 aliphatic rings. The fraction of sp³-hybridized carbons (Fsp3) is 0. The van der Waals surface area contributed by atoms with E-state index in [9.17, 15) is 26.5 Å². The Morgan fingerprint density at radius 2 is 1.63 bits per heavy atom. The van der Waals surface area contributed by atoms with E-state index < -0.39 is 25.0 Å². The van der Waals surface area contributed by atoms with Crippen molar-refractivity contribution in [2.75, 3.05) is 4.72 Å². The van der Waals surface area contributed by atoms with Gasteiger partial charge in [-0.1, -0.05) is 6.07 Å². The fourth-order valence-electron chi connectivity index (χ4n) is 2.46. The normalized spacial score (nSPS) is 11.8. The quantitative estimate of drug-likeness (QED) is 0.334. The Kier molecular flexibility index (Phi) is 6.22. The molecule has 0 aliphatic heterocycles. The van der Waals surface area contributed by atoms with Gasteiger partial charge in [0.2, 0.25) is 0 Å². The van der Waals surface area contributed by atoms with Crippen LogP contribution in [0, 0.1) is 0 Å². The van der Waals surface area contributed by atoms with E-state index in [4.69, 9.17) is 0 Å². The van der Waals surface area contributed by atoms with Gasteiger partial charge < -0.3 is 15.4 Å². The molecule has 5 N–H and O–H groups in total. The van der Waals surface area contributed by atoms with Gasteiger partial charge in [-0.3, -0.25) is 4.72 Å². The summed E-state index contributed by atoms with van der Waals surface area (Å²) in [5.41, 5.74) is 4.32. The van der Waals surface area contributed by atoms with Crippen LogP contribution < -0.4 is 40.0 Å². The minimum Gasteiger partial charge on any atom is -0.744 e. The number of sulfonamides is 1. The fourth-order valence-corrected chi connectivity index (χ4v) is 4.08. The van der Waals surface area contributed by atoms with Gasteiger partial charge in [-0.25, -0.2) is 16.8 Å². The van der Waals surface area contributed by atoms with Crippen LogP contribution in [0.1, 0.15) is 0 Å². The Morgan fingerprint density at radius 1 is 0.926 bits per heavy atom. The SMILES string of the molecule is [NH3+]c1ccc2c(O)cc(S(=O)(=O)Nc3cccc(S(=O)(=O)[O-])c3)cc2c1.[Na+]. The molecule has 8 nitrogen and oxygen atoms in total.